The van der Waals surface area contributed by atoms with Gasteiger partial charge >= 0.3 is 0 Å². The van der Waals surface area contributed by atoms with Gasteiger partial charge in [0.25, 0.3) is 0 Å². The number of nitrogens with two attached hydrogens (primary N) is 1. The van der Waals surface area contributed by atoms with Crippen LogP contribution in [0.25, 0.3) is 0 Å². The van der Waals surface area contributed by atoms with Crippen molar-refractivity contribution in [2.45, 2.75) is 88.9 Å². The molecule has 114 valence electrons. The van der Waals surface area contributed by atoms with Gasteiger partial charge in [-0.15, -0.1) is 0 Å². The average molecular weight is 277 g/mol. The minimum absolute atomic E-state index is 0.481. The zero-order valence-corrected chi connectivity index (χ0v) is 12.8. The van der Waals surface area contributed by atoms with Crippen molar-refractivity contribution in [1.29, 1.82) is 0 Å². The molecule has 20 heavy (non-hydrogen) atoms. The summed E-state index contributed by atoms with van der Waals surface area (Å²) in [5, 5.41) is 0. The Kier molecular flexibility index (Phi) is 3.80. The summed E-state index contributed by atoms with van der Waals surface area (Å²) in [7, 11) is 0. The summed E-state index contributed by atoms with van der Waals surface area (Å²) in [6.45, 7) is 0. The molecule has 0 aromatic carbocycles. The molecule has 4 rings (SSSR count). The predicted molar refractivity (Wildman–Crippen MR) is 81.4 cm³/mol. The Bertz CT molecular complexity index is 344. The number of hydrogen-bond donors (Lipinski definition) is 1. The Labute approximate surface area is 123 Å². The second-order valence-corrected chi connectivity index (χ2v) is 8.01. The summed E-state index contributed by atoms with van der Waals surface area (Å²) >= 11 is 0. The van der Waals surface area contributed by atoms with E-state index >= 15 is 0 Å². The third-order valence-electron chi connectivity index (χ3n) is 7.02. The first kappa shape index (κ1) is 13.6. The monoisotopic (exact) mass is 277 g/mol. The van der Waals surface area contributed by atoms with Crippen molar-refractivity contribution in [2.24, 2.45) is 29.4 Å². The Morgan fingerprint density at radius 3 is 2.20 bits per heavy atom. The average Bonchev–Trinajstić information content (AvgIpc) is 2.85. The molecule has 0 bridgehead atoms. The Hall–Kier alpha value is -0.0800. The van der Waals surface area contributed by atoms with Gasteiger partial charge in [-0.1, -0.05) is 25.7 Å². The van der Waals surface area contributed by atoms with E-state index in [9.17, 15) is 0 Å². The number of fused-ring (bicyclic) bond motifs is 3. The van der Waals surface area contributed by atoms with Gasteiger partial charge in [-0.25, -0.2) is 0 Å². The Morgan fingerprint density at radius 1 is 0.650 bits per heavy atom. The molecule has 0 amide bonds. The van der Waals surface area contributed by atoms with Crippen molar-refractivity contribution < 1.29 is 4.74 Å². The summed E-state index contributed by atoms with van der Waals surface area (Å²) < 4.78 is 6.48. The molecule has 4 fully saturated rings. The topological polar surface area (TPSA) is 35.2 Å². The van der Waals surface area contributed by atoms with Crippen molar-refractivity contribution in [3.05, 3.63) is 0 Å². The largest absolute Gasteiger partial charge is 0.374 e. The second-order valence-electron chi connectivity index (χ2n) is 8.01. The summed E-state index contributed by atoms with van der Waals surface area (Å²) in [6.07, 6.45) is 16.5. The van der Waals surface area contributed by atoms with Gasteiger partial charge in [-0.3, -0.25) is 0 Å². The van der Waals surface area contributed by atoms with E-state index in [1.165, 1.54) is 70.6 Å². The maximum absolute atomic E-state index is 6.48. The summed E-state index contributed by atoms with van der Waals surface area (Å²) in [4.78, 5) is 0. The van der Waals surface area contributed by atoms with Gasteiger partial charge in [-0.2, -0.15) is 0 Å². The Balaban J connectivity index is 1.42. The zero-order valence-electron chi connectivity index (χ0n) is 12.8. The first-order chi connectivity index (χ1) is 9.83. The standard InChI is InChI=1S/C18H31NO/c19-16-7-3-1-5-13(16)12-9-10-15-14-6-2-4-8-17(14)20-18(15)11-12/h12-18H,1-11,19H2/t12?,13?,14?,15?,16?,17?,18-/m1/s1. The van der Waals surface area contributed by atoms with Gasteiger partial charge in [0.05, 0.1) is 12.2 Å². The molecule has 0 spiro atoms. The van der Waals surface area contributed by atoms with E-state index in [4.69, 9.17) is 10.5 Å². The van der Waals surface area contributed by atoms with Gasteiger partial charge in [0.2, 0.25) is 0 Å². The molecule has 2 heteroatoms. The quantitative estimate of drug-likeness (QED) is 0.789. The SMILES string of the molecule is NC1CCCCC1C1CCC2C3CCCCC3O[C@@H]2C1. The molecule has 0 aromatic rings. The van der Waals surface area contributed by atoms with E-state index < -0.39 is 0 Å². The van der Waals surface area contributed by atoms with Crippen LogP contribution < -0.4 is 5.73 Å². The molecule has 3 saturated carbocycles. The summed E-state index contributed by atoms with van der Waals surface area (Å²) in [5.74, 6) is 3.48. The smallest absolute Gasteiger partial charge is 0.0613 e. The van der Waals surface area contributed by atoms with E-state index in [1.54, 1.807) is 0 Å². The van der Waals surface area contributed by atoms with Crippen LogP contribution in [-0.4, -0.2) is 18.2 Å². The van der Waals surface area contributed by atoms with Crippen molar-refractivity contribution in [3.63, 3.8) is 0 Å². The third kappa shape index (κ3) is 2.33. The molecule has 1 aliphatic heterocycles. The molecule has 0 aromatic heterocycles. The molecule has 4 aliphatic rings. The van der Waals surface area contributed by atoms with Crippen LogP contribution in [0.15, 0.2) is 0 Å². The van der Waals surface area contributed by atoms with Crippen LogP contribution in [0.2, 0.25) is 0 Å². The molecule has 7 atom stereocenters. The second kappa shape index (κ2) is 5.61. The van der Waals surface area contributed by atoms with Crippen molar-refractivity contribution >= 4 is 0 Å². The van der Waals surface area contributed by atoms with Gasteiger partial charge in [0, 0.05) is 6.04 Å². The van der Waals surface area contributed by atoms with Crippen molar-refractivity contribution in [3.8, 4) is 0 Å². The van der Waals surface area contributed by atoms with Gasteiger partial charge in [0.1, 0.15) is 0 Å². The van der Waals surface area contributed by atoms with E-state index in [2.05, 4.69) is 0 Å². The van der Waals surface area contributed by atoms with E-state index in [0.717, 1.165) is 23.7 Å². The zero-order chi connectivity index (χ0) is 13.5. The highest BCUT2D eigenvalue weighted by molar-refractivity contribution is 4.98. The number of rotatable bonds is 1. The minimum atomic E-state index is 0.481. The first-order valence-electron chi connectivity index (χ1n) is 9.24. The van der Waals surface area contributed by atoms with Crippen LogP contribution in [0.3, 0.4) is 0 Å². The van der Waals surface area contributed by atoms with Crippen LogP contribution >= 0.6 is 0 Å². The number of ether oxygens (including phenoxy) is 1. The predicted octanol–water partition coefficient (Wildman–Crippen LogP) is 3.88. The molecule has 2 N–H and O–H groups in total. The minimum Gasteiger partial charge on any atom is -0.374 e. The molecule has 3 aliphatic carbocycles. The highest BCUT2D eigenvalue weighted by Crippen LogP contribution is 2.50. The van der Waals surface area contributed by atoms with Crippen LogP contribution in [0.5, 0.6) is 0 Å². The van der Waals surface area contributed by atoms with Crippen molar-refractivity contribution in [2.75, 3.05) is 0 Å². The molecule has 2 nitrogen and oxygen atoms in total. The fourth-order valence-corrected chi connectivity index (χ4v) is 6.00. The van der Waals surface area contributed by atoms with Crippen LogP contribution in [0.4, 0.5) is 0 Å². The highest BCUT2D eigenvalue weighted by atomic mass is 16.5. The lowest BCUT2D eigenvalue weighted by Gasteiger charge is -2.41. The van der Waals surface area contributed by atoms with Crippen LogP contribution in [0, 0.1) is 23.7 Å². The lowest BCUT2D eigenvalue weighted by molar-refractivity contribution is -0.0152. The molecule has 0 radical (unpaired) electrons. The van der Waals surface area contributed by atoms with Crippen molar-refractivity contribution in [1.82, 2.24) is 0 Å². The van der Waals surface area contributed by atoms with Gasteiger partial charge in [0.15, 0.2) is 0 Å². The van der Waals surface area contributed by atoms with Crippen LogP contribution in [0.1, 0.15) is 70.6 Å². The normalized spacial score (nSPS) is 52.4. The molecule has 1 heterocycles. The maximum Gasteiger partial charge on any atom is 0.0613 e. The molecule has 1 saturated heterocycles. The lowest BCUT2D eigenvalue weighted by Crippen LogP contribution is -2.41. The summed E-state index contributed by atoms with van der Waals surface area (Å²) in [6, 6.07) is 0.481. The molecule has 6 unspecified atom stereocenters. The Morgan fingerprint density at radius 2 is 1.35 bits per heavy atom. The molecular formula is C18H31NO. The fraction of sp³-hybridized carbons (Fsp3) is 1.00. The molecular weight excluding hydrogens is 246 g/mol. The highest BCUT2D eigenvalue weighted by Gasteiger charge is 2.48. The van der Waals surface area contributed by atoms with E-state index in [1.807, 2.05) is 0 Å². The van der Waals surface area contributed by atoms with Gasteiger partial charge < -0.3 is 10.5 Å². The van der Waals surface area contributed by atoms with E-state index in [-0.39, 0.29) is 0 Å². The maximum atomic E-state index is 6.48. The first-order valence-corrected chi connectivity index (χ1v) is 9.24. The third-order valence-corrected chi connectivity index (χ3v) is 7.02. The van der Waals surface area contributed by atoms with E-state index in [0.29, 0.717) is 18.2 Å². The number of hydrogen-bond acceptors (Lipinski definition) is 2. The van der Waals surface area contributed by atoms with Crippen LogP contribution in [-0.2, 0) is 4.74 Å². The summed E-state index contributed by atoms with van der Waals surface area (Å²) in [5.41, 5.74) is 6.42. The lowest BCUT2D eigenvalue weighted by atomic mass is 9.65. The fourth-order valence-electron chi connectivity index (χ4n) is 6.00. The van der Waals surface area contributed by atoms with Gasteiger partial charge in [-0.05, 0) is 68.6 Å².